The van der Waals surface area contributed by atoms with Gasteiger partial charge in [0, 0.05) is 13.0 Å². The van der Waals surface area contributed by atoms with Crippen LogP contribution in [0.25, 0.3) is 11.1 Å². The lowest BCUT2D eigenvalue weighted by Crippen LogP contribution is -2.48. The molecule has 0 saturated carbocycles. The number of carboxylic acid groups (broad SMARTS) is 1. The van der Waals surface area contributed by atoms with Crippen LogP contribution in [0.1, 0.15) is 17.0 Å². The van der Waals surface area contributed by atoms with E-state index in [1.165, 1.54) is 7.11 Å². The molecule has 0 radical (unpaired) electrons. The third kappa shape index (κ3) is 4.84. The molecule has 3 atom stereocenters. The lowest BCUT2D eigenvalue weighted by molar-refractivity contribution is -0.148. The van der Waals surface area contributed by atoms with Gasteiger partial charge in [0.2, 0.25) is 5.91 Å². The van der Waals surface area contributed by atoms with E-state index >= 15 is 0 Å². The number of aliphatic carboxylic acids is 1. The van der Waals surface area contributed by atoms with E-state index in [9.17, 15) is 14.4 Å². The van der Waals surface area contributed by atoms with E-state index in [2.05, 4.69) is 22.8 Å². The standard InChI is InChI=1S/C24H26N2O7/c1-31-21(23(28)29)10-25-22(27)19-11-32-13-20(19)26-24(30)33-12-18-16-8-4-2-6-14(16)15-7-3-5-9-17(15)18/h2-9,18-21H,10-13H2,1H3,(H,25,27)(H,26,30)(H,28,29). The summed E-state index contributed by atoms with van der Waals surface area (Å²) < 4.78 is 15.7. The third-order valence-corrected chi connectivity index (χ3v) is 6.09. The van der Waals surface area contributed by atoms with E-state index < -0.39 is 36.0 Å². The van der Waals surface area contributed by atoms with E-state index in [-0.39, 0.29) is 32.3 Å². The van der Waals surface area contributed by atoms with Gasteiger partial charge in [0.1, 0.15) is 6.61 Å². The summed E-state index contributed by atoms with van der Waals surface area (Å²) in [6.45, 7) is 0.261. The normalized spacial score (nSPS) is 19.9. The molecule has 1 aliphatic carbocycles. The van der Waals surface area contributed by atoms with E-state index in [1.807, 2.05) is 36.4 Å². The van der Waals surface area contributed by atoms with Crippen molar-refractivity contribution in [3.63, 3.8) is 0 Å². The van der Waals surface area contributed by atoms with Gasteiger partial charge >= 0.3 is 12.1 Å². The van der Waals surface area contributed by atoms with Gasteiger partial charge in [-0.1, -0.05) is 48.5 Å². The molecule has 9 nitrogen and oxygen atoms in total. The van der Waals surface area contributed by atoms with Crippen molar-refractivity contribution in [1.82, 2.24) is 10.6 Å². The number of benzene rings is 2. The molecular formula is C24H26N2O7. The summed E-state index contributed by atoms with van der Waals surface area (Å²) >= 11 is 0. The van der Waals surface area contributed by atoms with Crippen molar-refractivity contribution in [2.24, 2.45) is 5.92 Å². The minimum Gasteiger partial charge on any atom is -0.479 e. The van der Waals surface area contributed by atoms with Crippen LogP contribution in [0.5, 0.6) is 0 Å². The number of rotatable bonds is 8. The zero-order valence-corrected chi connectivity index (χ0v) is 18.2. The van der Waals surface area contributed by atoms with Gasteiger partial charge in [-0.25, -0.2) is 9.59 Å². The quantitative estimate of drug-likeness (QED) is 0.555. The average Bonchev–Trinajstić information content (AvgIpc) is 3.40. The van der Waals surface area contributed by atoms with Gasteiger partial charge in [-0.05, 0) is 22.3 Å². The molecule has 1 saturated heterocycles. The van der Waals surface area contributed by atoms with E-state index in [0.29, 0.717) is 0 Å². The maximum absolute atomic E-state index is 12.5. The third-order valence-electron chi connectivity index (χ3n) is 6.09. The number of carboxylic acids is 1. The van der Waals surface area contributed by atoms with E-state index in [0.717, 1.165) is 22.3 Å². The lowest BCUT2D eigenvalue weighted by atomic mass is 9.98. The van der Waals surface area contributed by atoms with Crippen molar-refractivity contribution in [3.05, 3.63) is 59.7 Å². The Morgan fingerprint density at radius 1 is 1.06 bits per heavy atom. The second-order valence-electron chi connectivity index (χ2n) is 8.03. The molecule has 2 amide bonds. The van der Waals surface area contributed by atoms with Gasteiger partial charge < -0.3 is 30.0 Å². The maximum atomic E-state index is 12.5. The molecule has 4 rings (SSSR count). The highest BCUT2D eigenvalue weighted by atomic mass is 16.6. The highest BCUT2D eigenvalue weighted by Crippen LogP contribution is 2.44. The highest BCUT2D eigenvalue weighted by molar-refractivity contribution is 5.82. The fourth-order valence-electron chi connectivity index (χ4n) is 4.34. The molecule has 2 aromatic rings. The SMILES string of the molecule is COC(CNC(=O)C1COCC1NC(=O)OCC1c2ccccc2-c2ccccc21)C(=O)O. The number of hydrogen-bond donors (Lipinski definition) is 3. The summed E-state index contributed by atoms with van der Waals surface area (Å²) in [5.41, 5.74) is 4.50. The minimum absolute atomic E-state index is 0.0657. The minimum atomic E-state index is -1.17. The molecule has 3 unspecified atom stereocenters. The van der Waals surface area contributed by atoms with Gasteiger partial charge in [0.25, 0.3) is 0 Å². The topological polar surface area (TPSA) is 123 Å². The number of hydrogen-bond acceptors (Lipinski definition) is 6. The molecule has 2 aliphatic rings. The van der Waals surface area contributed by atoms with Gasteiger partial charge in [-0.15, -0.1) is 0 Å². The van der Waals surface area contributed by atoms with Gasteiger partial charge in [-0.3, -0.25) is 4.79 Å². The van der Waals surface area contributed by atoms with Crippen LogP contribution in [0.15, 0.2) is 48.5 Å². The molecular weight excluding hydrogens is 428 g/mol. The number of amides is 2. The monoisotopic (exact) mass is 454 g/mol. The molecule has 1 fully saturated rings. The first-order chi connectivity index (χ1) is 16.0. The van der Waals surface area contributed by atoms with Crippen molar-refractivity contribution in [3.8, 4) is 11.1 Å². The Labute approximate surface area is 191 Å². The van der Waals surface area contributed by atoms with Crippen LogP contribution in [-0.2, 0) is 23.8 Å². The molecule has 9 heteroatoms. The Balaban J connectivity index is 1.33. The summed E-state index contributed by atoms with van der Waals surface area (Å²) in [6, 6.07) is 15.5. The highest BCUT2D eigenvalue weighted by Gasteiger charge is 2.36. The van der Waals surface area contributed by atoms with E-state index in [1.54, 1.807) is 0 Å². The molecule has 33 heavy (non-hydrogen) atoms. The van der Waals surface area contributed by atoms with Crippen LogP contribution >= 0.6 is 0 Å². The van der Waals surface area contributed by atoms with Crippen LogP contribution in [0.3, 0.4) is 0 Å². The average molecular weight is 454 g/mol. The van der Waals surface area contributed by atoms with Crippen LogP contribution < -0.4 is 10.6 Å². The van der Waals surface area contributed by atoms with Crippen molar-refractivity contribution < 1.29 is 33.7 Å². The van der Waals surface area contributed by atoms with Crippen molar-refractivity contribution in [2.45, 2.75) is 18.1 Å². The zero-order chi connectivity index (χ0) is 23.4. The van der Waals surface area contributed by atoms with Gasteiger partial charge in [0.15, 0.2) is 6.10 Å². The molecule has 174 valence electrons. The molecule has 3 N–H and O–H groups in total. The first-order valence-corrected chi connectivity index (χ1v) is 10.7. The van der Waals surface area contributed by atoms with Crippen molar-refractivity contribution >= 4 is 18.0 Å². The lowest BCUT2D eigenvalue weighted by Gasteiger charge is -2.20. The number of fused-ring (bicyclic) bond motifs is 3. The van der Waals surface area contributed by atoms with Crippen LogP contribution in [0, 0.1) is 5.92 Å². The molecule has 1 heterocycles. The number of carbonyl (C=O) groups is 3. The number of nitrogens with one attached hydrogen (secondary N) is 2. The Morgan fingerprint density at radius 2 is 1.70 bits per heavy atom. The summed E-state index contributed by atoms with van der Waals surface area (Å²) in [5, 5.41) is 14.3. The first kappa shape index (κ1) is 22.8. The number of carbonyl (C=O) groups excluding carboxylic acids is 2. The molecule has 1 aliphatic heterocycles. The van der Waals surface area contributed by atoms with Gasteiger partial charge in [-0.2, -0.15) is 0 Å². The second kappa shape index (κ2) is 10.0. The fourth-order valence-corrected chi connectivity index (χ4v) is 4.34. The molecule has 0 bridgehead atoms. The zero-order valence-electron chi connectivity index (χ0n) is 18.2. The Morgan fingerprint density at radius 3 is 2.30 bits per heavy atom. The van der Waals surface area contributed by atoms with Crippen molar-refractivity contribution in [1.29, 1.82) is 0 Å². The Hall–Kier alpha value is -3.43. The number of methoxy groups -OCH3 is 1. The summed E-state index contributed by atoms with van der Waals surface area (Å²) in [4.78, 5) is 36.1. The van der Waals surface area contributed by atoms with E-state index in [4.69, 9.17) is 19.3 Å². The predicted octanol–water partition coefficient (Wildman–Crippen LogP) is 1.76. The Kier molecular flexibility index (Phi) is 6.90. The maximum Gasteiger partial charge on any atom is 0.407 e. The predicted molar refractivity (Wildman–Crippen MR) is 118 cm³/mol. The summed E-state index contributed by atoms with van der Waals surface area (Å²) in [5.74, 6) is -2.31. The number of alkyl carbamates (subject to hydrolysis) is 1. The Bertz CT molecular complexity index is 995. The number of ether oxygens (including phenoxy) is 3. The fraction of sp³-hybridized carbons (Fsp3) is 0.375. The first-order valence-electron chi connectivity index (χ1n) is 10.7. The molecule has 0 aromatic heterocycles. The molecule has 2 aromatic carbocycles. The second-order valence-corrected chi connectivity index (χ2v) is 8.03. The van der Waals surface area contributed by atoms with Crippen molar-refractivity contribution in [2.75, 3.05) is 33.5 Å². The summed E-state index contributed by atoms with van der Waals surface area (Å²) in [6.07, 6.45) is -1.78. The summed E-state index contributed by atoms with van der Waals surface area (Å²) in [7, 11) is 1.26. The smallest absolute Gasteiger partial charge is 0.407 e. The van der Waals surface area contributed by atoms with Crippen LogP contribution in [0.4, 0.5) is 4.79 Å². The van der Waals surface area contributed by atoms with Crippen LogP contribution in [-0.4, -0.2) is 68.7 Å². The largest absolute Gasteiger partial charge is 0.479 e. The van der Waals surface area contributed by atoms with Crippen LogP contribution in [0.2, 0.25) is 0 Å². The molecule has 0 spiro atoms. The van der Waals surface area contributed by atoms with Gasteiger partial charge in [0.05, 0.1) is 31.7 Å².